The van der Waals surface area contributed by atoms with E-state index < -0.39 is 0 Å². The van der Waals surface area contributed by atoms with E-state index in [9.17, 15) is 0 Å². The van der Waals surface area contributed by atoms with Gasteiger partial charge >= 0.3 is 0 Å². The molecule has 0 N–H and O–H groups in total. The number of benzene rings is 1. The molecule has 2 rings (SSSR count). The number of hydrogen-bond acceptors (Lipinski definition) is 1. The Kier molecular flexibility index (Phi) is 4.22. The monoisotopic (exact) mass is 271 g/mol. The molecule has 0 radical (unpaired) electrons. The Morgan fingerprint density at radius 2 is 1.65 bits per heavy atom. The summed E-state index contributed by atoms with van der Waals surface area (Å²) in [5, 5.41) is 0. The molecule has 1 aromatic carbocycles. The Hall–Kier alpha value is -1.70. The molecular formula is C18H25NO. The normalized spacial score (nSPS) is 11.7. The highest BCUT2D eigenvalue weighted by Gasteiger charge is 2.13. The van der Waals surface area contributed by atoms with Gasteiger partial charge in [-0.15, -0.1) is 0 Å². The predicted molar refractivity (Wildman–Crippen MR) is 84.5 cm³/mol. The van der Waals surface area contributed by atoms with Gasteiger partial charge in [-0.3, -0.25) is 0 Å². The Morgan fingerprint density at radius 1 is 1.00 bits per heavy atom. The van der Waals surface area contributed by atoms with Crippen molar-refractivity contribution in [2.75, 3.05) is 6.61 Å². The van der Waals surface area contributed by atoms with Crippen LogP contribution in [0.15, 0.2) is 36.4 Å². The third-order valence-corrected chi connectivity index (χ3v) is 3.70. The van der Waals surface area contributed by atoms with Crippen LogP contribution in [0.5, 0.6) is 5.75 Å². The van der Waals surface area contributed by atoms with Gasteiger partial charge in [-0.2, -0.15) is 0 Å². The molecule has 0 fully saturated rings. The summed E-state index contributed by atoms with van der Waals surface area (Å²) in [7, 11) is 0. The Bertz CT molecular complexity index is 556. The topological polar surface area (TPSA) is 14.2 Å². The third-order valence-electron chi connectivity index (χ3n) is 3.70. The maximum atomic E-state index is 5.90. The van der Waals surface area contributed by atoms with Gasteiger partial charge in [0.15, 0.2) is 0 Å². The van der Waals surface area contributed by atoms with E-state index in [4.69, 9.17) is 4.74 Å². The van der Waals surface area contributed by atoms with Crippen molar-refractivity contribution in [3.63, 3.8) is 0 Å². The first kappa shape index (κ1) is 14.7. The van der Waals surface area contributed by atoms with Gasteiger partial charge in [0, 0.05) is 11.4 Å². The molecule has 0 atom stereocenters. The highest BCUT2D eigenvalue weighted by Crippen LogP contribution is 2.25. The van der Waals surface area contributed by atoms with Crippen LogP contribution in [0.1, 0.15) is 37.7 Å². The molecule has 0 saturated carbocycles. The van der Waals surface area contributed by atoms with Crippen molar-refractivity contribution in [3.05, 3.63) is 53.3 Å². The van der Waals surface area contributed by atoms with E-state index in [2.05, 4.69) is 69.5 Å². The molecule has 1 aromatic heterocycles. The van der Waals surface area contributed by atoms with Gasteiger partial charge in [0.1, 0.15) is 12.4 Å². The van der Waals surface area contributed by atoms with Crippen LogP contribution in [0.2, 0.25) is 0 Å². The van der Waals surface area contributed by atoms with Crippen LogP contribution in [-0.2, 0) is 12.0 Å². The molecule has 1 heterocycles. The van der Waals surface area contributed by atoms with E-state index in [1.54, 1.807) is 0 Å². The van der Waals surface area contributed by atoms with E-state index in [1.807, 2.05) is 6.07 Å². The molecule has 108 valence electrons. The lowest BCUT2D eigenvalue weighted by Crippen LogP contribution is -2.13. The number of rotatable bonds is 4. The van der Waals surface area contributed by atoms with Crippen LogP contribution in [0, 0.1) is 13.8 Å². The molecule has 2 aromatic rings. The van der Waals surface area contributed by atoms with Crippen molar-refractivity contribution in [2.45, 2.75) is 46.6 Å². The zero-order valence-electron chi connectivity index (χ0n) is 13.2. The summed E-state index contributed by atoms with van der Waals surface area (Å²) < 4.78 is 8.19. The summed E-state index contributed by atoms with van der Waals surface area (Å²) in [4.78, 5) is 0. The van der Waals surface area contributed by atoms with Gasteiger partial charge in [-0.25, -0.2) is 0 Å². The standard InChI is InChI=1S/C18H25NO/c1-14-9-10-15(2)19(14)11-12-20-17-8-6-7-16(13-17)18(3,4)5/h6-10,13H,11-12H2,1-5H3. The maximum absolute atomic E-state index is 5.90. The van der Waals surface area contributed by atoms with E-state index in [-0.39, 0.29) is 5.41 Å². The SMILES string of the molecule is Cc1ccc(C)n1CCOc1cccc(C(C)(C)C)c1. The van der Waals surface area contributed by atoms with E-state index in [0.717, 1.165) is 12.3 Å². The molecule has 0 amide bonds. The van der Waals surface area contributed by atoms with Crippen molar-refractivity contribution in [1.29, 1.82) is 0 Å². The summed E-state index contributed by atoms with van der Waals surface area (Å²) in [6, 6.07) is 12.7. The Morgan fingerprint density at radius 3 is 2.25 bits per heavy atom. The number of ether oxygens (including phenoxy) is 1. The summed E-state index contributed by atoms with van der Waals surface area (Å²) in [6.45, 7) is 12.5. The number of hydrogen-bond donors (Lipinski definition) is 0. The van der Waals surface area contributed by atoms with Crippen molar-refractivity contribution < 1.29 is 4.74 Å². The van der Waals surface area contributed by atoms with E-state index in [1.165, 1.54) is 17.0 Å². The molecule has 0 unspecified atom stereocenters. The smallest absolute Gasteiger partial charge is 0.119 e. The zero-order chi connectivity index (χ0) is 14.8. The minimum absolute atomic E-state index is 0.160. The molecule has 0 bridgehead atoms. The first-order chi connectivity index (χ1) is 9.38. The summed E-state index contributed by atoms with van der Waals surface area (Å²) >= 11 is 0. The zero-order valence-corrected chi connectivity index (χ0v) is 13.2. The average Bonchev–Trinajstić information content (AvgIpc) is 2.70. The molecule has 2 nitrogen and oxygen atoms in total. The minimum atomic E-state index is 0.160. The molecule has 2 heteroatoms. The highest BCUT2D eigenvalue weighted by molar-refractivity contribution is 5.32. The molecule has 0 spiro atoms. The van der Waals surface area contributed by atoms with Crippen LogP contribution < -0.4 is 4.74 Å². The van der Waals surface area contributed by atoms with Crippen molar-refractivity contribution in [3.8, 4) is 5.75 Å². The average molecular weight is 271 g/mol. The summed E-state index contributed by atoms with van der Waals surface area (Å²) in [5.74, 6) is 0.958. The van der Waals surface area contributed by atoms with Crippen molar-refractivity contribution in [2.24, 2.45) is 0 Å². The Balaban J connectivity index is 1.98. The number of aromatic nitrogens is 1. The van der Waals surface area contributed by atoms with Gasteiger partial charge in [0.2, 0.25) is 0 Å². The van der Waals surface area contributed by atoms with Crippen LogP contribution in [0.3, 0.4) is 0 Å². The second-order valence-corrected chi connectivity index (χ2v) is 6.39. The van der Waals surface area contributed by atoms with E-state index >= 15 is 0 Å². The lowest BCUT2D eigenvalue weighted by molar-refractivity contribution is 0.295. The molecule has 0 aliphatic carbocycles. The van der Waals surface area contributed by atoms with Crippen molar-refractivity contribution in [1.82, 2.24) is 4.57 Å². The predicted octanol–water partition coefficient (Wildman–Crippen LogP) is 4.48. The highest BCUT2D eigenvalue weighted by atomic mass is 16.5. The first-order valence-electron chi connectivity index (χ1n) is 7.24. The van der Waals surface area contributed by atoms with Crippen LogP contribution >= 0.6 is 0 Å². The Labute approximate surface area is 122 Å². The van der Waals surface area contributed by atoms with Gasteiger partial charge in [-0.1, -0.05) is 32.9 Å². The van der Waals surface area contributed by atoms with Crippen LogP contribution in [-0.4, -0.2) is 11.2 Å². The van der Waals surface area contributed by atoms with Gasteiger partial charge < -0.3 is 9.30 Å². The fourth-order valence-corrected chi connectivity index (χ4v) is 2.36. The first-order valence-corrected chi connectivity index (χ1v) is 7.24. The largest absolute Gasteiger partial charge is 0.492 e. The van der Waals surface area contributed by atoms with Crippen LogP contribution in [0.25, 0.3) is 0 Å². The number of aryl methyl sites for hydroxylation is 2. The van der Waals surface area contributed by atoms with Gasteiger partial charge in [-0.05, 0) is 49.1 Å². The lowest BCUT2D eigenvalue weighted by Gasteiger charge is -2.20. The minimum Gasteiger partial charge on any atom is -0.492 e. The van der Waals surface area contributed by atoms with E-state index in [0.29, 0.717) is 6.61 Å². The second kappa shape index (κ2) is 5.74. The summed E-state index contributed by atoms with van der Waals surface area (Å²) in [6.07, 6.45) is 0. The van der Waals surface area contributed by atoms with Gasteiger partial charge in [0.25, 0.3) is 0 Å². The quantitative estimate of drug-likeness (QED) is 0.799. The summed E-state index contributed by atoms with van der Waals surface area (Å²) in [5.41, 5.74) is 4.04. The van der Waals surface area contributed by atoms with Crippen molar-refractivity contribution >= 4 is 0 Å². The third kappa shape index (κ3) is 3.44. The second-order valence-electron chi connectivity index (χ2n) is 6.39. The molecule has 20 heavy (non-hydrogen) atoms. The molecular weight excluding hydrogens is 246 g/mol. The molecule has 0 aliphatic rings. The number of nitrogens with zero attached hydrogens (tertiary/aromatic N) is 1. The fraction of sp³-hybridized carbons (Fsp3) is 0.444. The fourth-order valence-electron chi connectivity index (χ4n) is 2.36. The van der Waals surface area contributed by atoms with Gasteiger partial charge in [0.05, 0.1) is 6.54 Å². The van der Waals surface area contributed by atoms with Crippen LogP contribution in [0.4, 0.5) is 0 Å². The molecule has 0 saturated heterocycles. The molecule has 0 aliphatic heterocycles. The maximum Gasteiger partial charge on any atom is 0.119 e. The lowest BCUT2D eigenvalue weighted by atomic mass is 9.87.